The summed E-state index contributed by atoms with van der Waals surface area (Å²) in [5, 5.41) is 7.05. The van der Waals surface area contributed by atoms with Gasteiger partial charge in [0, 0.05) is 6.42 Å². The predicted octanol–water partition coefficient (Wildman–Crippen LogP) is 0.991. The van der Waals surface area contributed by atoms with E-state index < -0.39 is 0 Å². The molecule has 0 bridgehead atoms. The first-order chi connectivity index (χ1) is 6.75. The fraction of sp³-hybridized carbons (Fsp3) is 0.625. The normalized spacial score (nSPS) is 22.6. The number of ketones is 1. The minimum atomic E-state index is 0.0268. The molecule has 0 saturated heterocycles. The number of aromatic nitrogens is 3. The molecule has 1 saturated carbocycles. The molecule has 5 nitrogen and oxygen atoms in total. The molecular formula is C8H12N4OS. The largest absolute Gasteiger partial charge is 0.368 e. The van der Waals surface area contributed by atoms with E-state index in [9.17, 15) is 4.79 Å². The molecule has 0 aromatic carbocycles. The molecule has 1 atom stereocenters. The summed E-state index contributed by atoms with van der Waals surface area (Å²) in [6.45, 7) is 0. The summed E-state index contributed by atoms with van der Waals surface area (Å²) in [4.78, 5) is 15.4. The Hall–Kier alpha value is -1.04. The van der Waals surface area contributed by atoms with Crippen LogP contribution in [-0.4, -0.2) is 26.2 Å². The van der Waals surface area contributed by atoms with E-state index in [1.165, 1.54) is 11.8 Å². The van der Waals surface area contributed by atoms with Crippen molar-refractivity contribution in [2.24, 2.45) is 0 Å². The summed E-state index contributed by atoms with van der Waals surface area (Å²) in [6, 6.07) is 0. The zero-order chi connectivity index (χ0) is 9.97. The zero-order valence-electron chi connectivity index (χ0n) is 7.69. The molecule has 1 aromatic rings. The van der Waals surface area contributed by atoms with Gasteiger partial charge in [-0.2, -0.15) is 4.98 Å². The first-order valence-electron chi connectivity index (χ1n) is 4.63. The SMILES string of the molecule is Nc1nc(S[C@@H]2CCCCC2=O)n[nH]1. The number of aromatic amines is 1. The Balaban J connectivity index is 1.99. The second kappa shape index (κ2) is 4.00. The van der Waals surface area contributed by atoms with E-state index >= 15 is 0 Å². The Morgan fingerprint density at radius 3 is 3.00 bits per heavy atom. The molecule has 0 aliphatic heterocycles. The summed E-state index contributed by atoms with van der Waals surface area (Å²) in [5.41, 5.74) is 5.39. The van der Waals surface area contributed by atoms with Crippen LogP contribution in [0.2, 0.25) is 0 Å². The highest BCUT2D eigenvalue weighted by molar-refractivity contribution is 8.00. The van der Waals surface area contributed by atoms with Gasteiger partial charge in [-0.1, -0.05) is 18.2 Å². The van der Waals surface area contributed by atoms with E-state index in [2.05, 4.69) is 15.2 Å². The van der Waals surface area contributed by atoms with E-state index in [0.29, 0.717) is 23.3 Å². The first kappa shape index (κ1) is 9.51. The molecule has 0 spiro atoms. The van der Waals surface area contributed by atoms with Crippen LogP contribution in [0.15, 0.2) is 5.16 Å². The number of hydrogen-bond acceptors (Lipinski definition) is 5. The highest BCUT2D eigenvalue weighted by Gasteiger charge is 2.24. The number of anilines is 1. The Labute approximate surface area is 85.9 Å². The van der Waals surface area contributed by atoms with Crippen LogP contribution in [0.1, 0.15) is 25.7 Å². The first-order valence-corrected chi connectivity index (χ1v) is 5.51. The van der Waals surface area contributed by atoms with E-state index in [-0.39, 0.29) is 5.25 Å². The molecular weight excluding hydrogens is 200 g/mol. The van der Waals surface area contributed by atoms with Crippen LogP contribution >= 0.6 is 11.8 Å². The van der Waals surface area contributed by atoms with Gasteiger partial charge in [0.05, 0.1) is 5.25 Å². The molecule has 14 heavy (non-hydrogen) atoms. The van der Waals surface area contributed by atoms with Gasteiger partial charge in [0.1, 0.15) is 5.78 Å². The number of H-pyrrole nitrogens is 1. The average molecular weight is 212 g/mol. The number of carbonyl (C=O) groups excluding carboxylic acids is 1. The Kier molecular flexibility index (Phi) is 2.72. The van der Waals surface area contributed by atoms with Gasteiger partial charge in [0.25, 0.3) is 0 Å². The monoisotopic (exact) mass is 212 g/mol. The summed E-state index contributed by atoms with van der Waals surface area (Å²) in [5.74, 6) is 0.611. The predicted molar refractivity (Wildman–Crippen MR) is 53.9 cm³/mol. The quantitative estimate of drug-likeness (QED) is 0.763. The second-order valence-electron chi connectivity index (χ2n) is 3.32. The smallest absolute Gasteiger partial charge is 0.216 e. The number of nitrogen functional groups attached to an aromatic ring is 1. The van der Waals surface area contributed by atoms with Crippen LogP contribution in [0.4, 0.5) is 5.95 Å². The highest BCUT2D eigenvalue weighted by Crippen LogP contribution is 2.29. The minimum absolute atomic E-state index is 0.0268. The lowest BCUT2D eigenvalue weighted by atomic mass is 9.99. The lowest BCUT2D eigenvalue weighted by Gasteiger charge is -2.17. The van der Waals surface area contributed by atoms with Gasteiger partial charge in [-0.05, 0) is 12.8 Å². The van der Waals surface area contributed by atoms with Gasteiger partial charge >= 0.3 is 0 Å². The van der Waals surface area contributed by atoms with Crippen LogP contribution in [0.3, 0.4) is 0 Å². The maximum absolute atomic E-state index is 11.5. The van der Waals surface area contributed by atoms with E-state index in [1.54, 1.807) is 0 Å². The molecule has 3 N–H and O–H groups in total. The molecule has 1 aliphatic rings. The van der Waals surface area contributed by atoms with Gasteiger partial charge < -0.3 is 5.73 Å². The summed E-state index contributed by atoms with van der Waals surface area (Å²) < 4.78 is 0. The van der Waals surface area contributed by atoms with Gasteiger partial charge in [-0.3, -0.25) is 4.79 Å². The number of carbonyl (C=O) groups is 1. The van der Waals surface area contributed by atoms with Crippen LogP contribution in [0.25, 0.3) is 0 Å². The number of nitrogens with two attached hydrogens (primary N) is 1. The van der Waals surface area contributed by atoms with Gasteiger partial charge in [-0.25, -0.2) is 5.10 Å². The summed E-state index contributed by atoms with van der Waals surface area (Å²) in [6.07, 6.45) is 3.75. The van der Waals surface area contributed by atoms with Crippen molar-refractivity contribution >= 4 is 23.5 Å². The third-order valence-corrected chi connectivity index (χ3v) is 3.40. The third kappa shape index (κ3) is 2.06. The number of rotatable bonds is 2. The zero-order valence-corrected chi connectivity index (χ0v) is 8.51. The van der Waals surface area contributed by atoms with Crippen molar-refractivity contribution in [1.29, 1.82) is 0 Å². The molecule has 0 amide bonds. The molecule has 0 unspecified atom stereocenters. The standard InChI is InChI=1S/C8H12N4OS/c9-7-10-8(12-11-7)14-6-4-2-1-3-5(6)13/h6H,1-4H2,(H3,9,10,11,12)/t6-/m1/s1. The molecule has 1 aromatic heterocycles. The van der Waals surface area contributed by atoms with Crippen molar-refractivity contribution in [2.45, 2.75) is 36.1 Å². The topological polar surface area (TPSA) is 84.7 Å². The van der Waals surface area contributed by atoms with Crippen LogP contribution < -0.4 is 5.73 Å². The van der Waals surface area contributed by atoms with Crippen LogP contribution in [-0.2, 0) is 4.79 Å². The second-order valence-corrected chi connectivity index (χ2v) is 4.49. The van der Waals surface area contributed by atoms with E-state index in [1.807, 2.05) is 0 Å². The van der Waals surface area contributed by atoms with Crippen molar-refractivity contribution in [1.82, 2.24) is 15.2 Å². The van der Waals surface area contributed by atoms with Gasteiger partial charge in [-0.15, -0.1) is 5.10 Å². The Morgan fingerprint density at radius 1 is 1.50 bits per heavy atom. The van der Waals surface area contributed by atoms with Crippen LogP contribution in [0.5, 0.6) is 0 Å². The maximum atomic E-state index is 11.5. The third-order valence-electron chi connectivity index (χ3n) is 2.23. The van der Waals surface area contributed by atoms with E-state index in [4.69, 9.17) is 5.73 Å². The van der Waals surface area contributed by atoms with Crippen LogP contribution in [0, 0.1) is 0 Å². The van der Waals surface area contributed by atoms with Crippen molar-refractivity contribution in [3.05, 3.63) is 0 Å². The lowest BCUT2D eigenvalue weighted by Crippen LogP contribution is -2.21. The molecule has 76 valence electrons. The number of Topliss-reactive ketones (excluding diaryl/α,β-unsaturated/α-hetero) is 1. The molecule has 0 radical (unpaired) electrons. The molecule has 1 heterocycles. The number of hydrogen-bond donors (Lipinski definition) is 2. The molecule has 6 heteroatoms. The Bertz CT molecular complexity index is 338. The van der Waals surface area contributed by atoms with Crippen molar-refractivity contribution in [2.75, 3.05) is 5.73 Å². The summed E-state index contributed by atoms with van der Waals surface area (Å²) in [7, 11) is 0. The van der Waals surface area contributed by atoms with E-state index in [0.717, 1.165) is 19.3 Å². The average Bonchev–Trinajstić information content (AvgIpc) is 2.56. The van der Waals surface area contributed by atoms with Crippen molar-refractivity contribution < 1.29 is 4.79 Å². The van der Waals surface area contributed by atoms with Gasteiger partial charge in [0.15, 0.2) is 0 Å². The number of nitrogens with one attached hydrogen (secondary N) is 1. The lowest BCUT2D eigenvalue weighted by molar-refractivity contribution is -0.119. The fourth-order valence-corrected chi connectivity index (χ4v) is 2.55. The molecule has 1 fully saturated rings. The van der Waals surface area contributed by atoms with Gasteiger partial charge in [0.2, 0.25) is 11.1 Å². The van der Waals surface area contributed by atoms with Crippen molar-refractivity contribution in [3.63, 3.8) is 0 Å². The maximum Gasteiger partial charge on any atom is 0.216 e. The fourth-order valence-electron chi connectivity index (χ4n) is 1.51. The number of nitrogens with zero attached hydrogens (tertiary/aromatic N) is 2. The molecule has 2 rings (SSSR count). The summed E-state index contributed by atoms with van der Waals surface area (Å²) >= 11 is 1.41. The Morgan fingerprint density at radius 2 is 2.36 bits per heavy atom. The molecule has 1 aliphatic carbocycles. The number of thioether (sulfide) groups is 1. The van der Waals surface area contributed by atoms with Crippen molar-refractivity contribution in [3.8, 4) is 0 Å². The highest BCUT2D eigenvalue weighted by atomic mass is 32.2. The minimum Gasteiger partial charge on any atom is -0.368 e.